The summed E-state index contributed by atoms with van der Waals surface area (Å²) in [6.45, 7) is 1.61. The minimum Gasteiger partial charge on any atom is -0.327 e. The van der Waals surface area contributed by atoms with Gasteiger partial charge in [0.15, 0.2) is 0 Å². The molecule has 1 aliphatic carbocycles. The molecule has 0 aliphatic heterocycles. The molecule has 3 rings (SSSR count). The van der Waals surface area contributed by atoms with Gasteiger partial charge in [-0.1, -0.05) is 18.2 Å². The van der Waals surface area contributed by atoms with Gasteiger partial charge in [-0.3, -0.25) is 9.71 Å². The highest BCUT2D eigenvalue weighted by atomic mass is 32.2. The number of benzene rings is 1. The van der Waals surface area contributed by atoms with E-state index in [0.717, 1.165) is 17.7 Å². The summed E-state index contributed by atoms with van der Waals surface area (Å²) < 4.78 is 25.8. The molecule has 0 radical (unpaired) electrons. The zero-order valence-electron chi connectivity index (χ0n) is 12.4. The molecule has 1 aromatic heterocycles. The Morgan fingerprint density at radius 2 is 2.09 bits per heavy atom. The third-order valence-corrected chi connectivity index (χ3v) is 5.17. The van der Waals surface area contributed by atoms with E-state index in [1.165, 1.54) is 5.56 Å². The number of sulfonamides is 1. The summed E-state index contributed by atoms with van der Waals surface area (Å²) in [7, 11) is -3.27. The first kappa shape index (κ1) is 15.0. The van der Waals surface area contributed by atoms with Gasteiger partial charge in [0, 0.05) is 29.4 Å². The van der Waals surface area contributed by atoms with E-state index >= 15 is 0 Å². The highest BCUT2D eigenvalue weighted by molar-refractivity contribution is 7.92. The predicted molar refractivity (Wildman–Crippen MR) is 88.1 cm³/mol. The average molecular weight is 317 g/mol. The summed E-state index contributed by atoms with van der Waals surface area (Å²) >= 11 is 0. The molecule has 2 aromatic rings. The van der Waals surface area contributed by atoms with Crippen LogP contribution in [-0.2, 0) is 10.0 Å². The summed E-state index contributed by atoms with van der Waals surface area (Å²) in [5, 5.41) is 0. The maximum Gasteiger partial charge on any atom is 0.232 e. The fourth-order valence-corrected chi connectivity index (χ4v) is 3.02. The van der Waals surface area contributed by atoms with Gasteiger partial charge in [-0.2, -0.15) is 0 Å². The standard InChI is InChI=1S/C16H19N3O2S/c1-2-22(20,21)19-13-5-3-4-11(8-13)16-7-6-12(10-18-16)14-9-15(14)17/h3-8,10,14-15,19H,2,9,17H2,1H3. The summed E-state index contributed by atoms with van der Waals surface area (Å²) in [5.74, 6) is 0.482. The molecule has 22 heavy (non-hydrogen) atoms. The first-order valence-electron chi connectivity index (χ1n) is 7.31. The molecule has 2 atom stereocenters. The van der Waals surface area contributed by atoms with E-state index in [0.29, 0.717) is 11.6 Å². The van der Waals surface area contributed by atoms with Crippen molar-refractivity contribution in [2.24, 2.45) is 5.73 Å². The molecule has 5 nitrogen and oxygen atoms in total. The van der Waals surface area contributed by atoms with Crippen molar-refractivity contribution in [2.45, 2.75) is 25.3 Å². The summed E-state index contributed by atoms with van der Waals surface area (Å²) in [6.07, 6.45) is 2.88. The van der Waals surface area contributed by atoms with E-state index in [1.807, 2.05) is 30.5 Å². The molecule has 2 unspecified atom stereocenters. The molecule has 1 aromatic carbocycles. The average Bonchev–Trinajstić information content (AvgIpc) is 3.24. The van der Waals surface area contributed by atoms with Gasteiger partial charge in [-0.25, -0.2) is 8.42 Å². The number of hydrogen-bond acceptors (Lipinski definition) is 4. The number of nitrogens with two attached hydrogens (primary N) is 1. The molecular formula is C16H19N3O2S. The Morgan fingerprint density at radius 1 is 1.32 bits per heavy atom. The summed E-state index contributed by atoms with van der Waals surface area (Å²) in [6, 6.07) is 11.5. The van der Waals surface area contributed by atoms with Crippen LogP contribution in [0, 0.1) is 0 Å². The van der Waals surface area contributed by atoms with E-state index in [4.69, 9.17) is 5.73 Å². The zero-order valence-corrected chi connectivity index (χ0v) is 13.2. The lowest BCUT2D eigenvalue weighted by molar-refractivity contribution is 0.602. The molecule has 1 heterocycles. The molecule has 3 N–H and O–H groups in total. The van der Waals surface area contributed by atoms with E-state index in [9.17, 15) is 8.42 Å². The van der Waals surface area contributed by atoms with Crippen LogP contribution in [0.3, 0.4) is 0 Å². The Hall–Kier alpha value is -1.92. The third kappa shape index (κ3) is 3.28. The van der Waals surface area contributed by atoms with E-state index in [2.05, 4.69) is 9.71 Å². The van der Waals surface area contributed by atoms with E-state index in [-0.39, 0.29) is 11.8 Å². The molecule has 6 heteroatoms. The van der Waals surface area contributed by atoms with Gasteiger partial charge in [-0.05, 0) is 37.1 Å². The van der Waals surface area contributed by atoms with Crippen LogP contribution in [0.15, 0.2) is 42.6 Å². The highest BCUT2D eigenvalue weighted by Crippen LogP contribution is 2.38. The van der Waals surface area contributed by atoms with Crippen molar-refractivity contribution in [1.29, 1.82) is 0 Å². The Labute approximate surface area is 130 Å². The van der Waals surface area contributed by atoms with Crippen molar-refractivity contribution in [3.63, 3.8) is 0 Å². The molecule has 0 spiro atoms. The molecule has 1 fully saturated rings. The minimum atomic E-state index is -3.27. The number of hydrogen-bond donors (Lipinski definition) is 2. The third-order valence-electron chi connectivity index (χ3n) is 3.87. The normalized spacial score (nSPS) is 20.6. The van der Waals surface area contributed by atoms with Gasteiger partial charge < -0.3 is 5.73 Å². The SMILES string of the molecule is CCS(=O)(=O)Nc1cccc(-c2ccc(C3CC3N)cn2)c1. The fourth-order valence-electron chi connectivity index (χ4n) is 2.39. The lowest BCUT2D eigenvalue weighted by Gasteiger charge is -2.08. The van der Waals surface area contributed by atoms with Crippen molar-refractivity contribution in [1.82, 2.24) is 4.98 Å². The van der Waals surface area contributed by atoms with Gasteiger partial charge in [0.1, 0.15) is 0 Å². The minimum absolute atomic E-state index is 0.0474. The van der Waals surface area contributed by atoms with Crippen LogP contribution in [0.4, 0.5) is 5.69 Å². The zero-order chi connectivity index (χ0) is 15.7. The largest absolute Gasteiger partial charge is 0.327 e. The van der Waals surface area contributed by atoms with Crippen LogP contribution in [0.5, 0.6) is 0 Å². The number of nitrogens with one attached hydrogen (secondary N) is 1. The van der Waals surface area contributed by atoms with Crippen molar-refractivity contribution in [2.75, 3.05) is 10.5 Å². The first-order chi connectivity index (χ1) is 10.5. The molecule has 0 amide bonds. The summed E-state index contributed by atoms with van der Waals surface area (Å²) in [5.41, 5.74) is 9.26. The molecule has 1 saturated carbocycles. The van der Waals surface area contributed by atoms with Crippen LogP contribution < -0.4 is 10.5 Å². The molecule has 1 aliphatic rings. The van der Waals surface area contributed by atoms with Crippen molar-refractivity contribution >= 4 is 15.7 Å². The van der Waals surface area contributed by atoms with Crippen LogP contribution in [-0.4, -0.2) is 25.2 Å². The molecular weight excluding hydrogens is 298 g/mol. The highest BCUT2D eigenvalue weighted by Gasteiger charge is 2.34. The quantitative estimate of drug-likeness (QED) is 0.886. The van der Waals surface area contributed by atoms with Crippen LogP contribution >= 0.6 is 0 Å². The Kier molecular flexibility index (Phi) is 3.88. The maximum absolute atomic E-state index is 11.6. The fraction of sp³-hybridized carbons (Fsp3) is 0.312. The van der Waals surface area contributed by atoms with Gasteiger partial charge in [0.05, 0.1) is 11.4 Å². The second-order valence-electron chi connectivity index (χ2n) is 5.57. The Balaban J connectivity index is 1.82. The molecule has 0 saturated heterocycles. The van der Waals surface area contributed by atoms with Crippen molar-refractivity contribution in [3.8, 4) is 11.3 Å². The molecule has 0 bridgehead atoms. The van der Waals surface area contributed by atoms with Crippen LogP contribution in [0.2, 0.25) is 0 Å². The second kappa shape index (κ2) is 5.70. The number of anilines is 1. The lowest BCUT2D eigenvalue weighted by atomic mass is 10.1. The van der Waals surface area contributed by atoms with Gasteiger partial charge in [-0.15, -0.1) is 0 Å². The topological polar surface area (TPSA) is 85.1 Å². The van der Waals surface area contributed by atoms with Gasteiger partial charge in [0.25, 0.3) is 0 Å². The van der Waals surface area contributed by atoms with Gasteiger partial charge >= 0.3 is 0 Å². The predicted octanol–water partition coefficient (Wildman–Crippen LogP) is 2.32. The second-order valence-corrected chi connectivity index (χ2v) is 7.58. The lowest BCUT2D eigenvalue weighted by Crippen LogP contribution is -2.14. The van der Waals surface area contributed by atoms with Crippen molar-refractivity contribution in [3.05, 3.63) is 48.2 Å². The van der Waals surface area contributed by atoms with E-state index < -0.39 is 10.0 Å². The monoisotopic (exact) mass is 317 g/mol. The summed E-state index contributed by atoms with van der Waals surface area (Å²) in [4.78, 5) is 4.47. The first-order valence-corrected chi connectivity index (χ1v) is 8.96. The number of nitrogens with zero attached hydrogens (tertiary/aromatic N) is 1. The van der Waals surface area contributed by atoms with Crippen LogP contribution in [0.1, 0.15) is 24.8 Å². The smallest absolute Gasteiger partial charge is 0.232 e. The van der Waals surface area contributed by atoms with Gasteiger partial charge in [0.2, 0.25) is 10.0 Å². The van der Waals surface area contributed by atoms with Crippen LogP contribution in [0.25, 0.3) is 11.3 Å². The number of aromatic nitrogens is 1. The number of pyridine rings is 1. The maximum atomic E-state index is 11.6. The molecule has 116 valence electrons. The number of rotatable bonds is 5. The van der Waals surface area contributed by atoms with Crippen molar-refractivity contribution < 1.29 is 8.42 Å². The Morgan fingerprint density at radius 3 is 2.68 bits per heavy atom. The Bertz CT molecular complexity index is 772. The van der Waals surface area contributed by atoms with E-state index in [1.54, 1.807) is 19.1 Å².